The van der Waals surface area contributed by atoms with Crippen molar-refractivity contribution >= 4 is 0 Å². The van der Waals surface area contributed by atoms with Crippen LogP contribution in [0, 0.1) is 0 Å². The van der Waals surface area contributed by atoms with Crippen LogP contribution in [0.4, 0.5) is 4.39 Å². The number of nitrogens with zero attached hydrogens (tertiary/aromatic N) is 1. The van der Waals surface area contributed by atoms with Gasteiger partial charge in [0.15, 0.2) is 0 Å². The molecule has 0 amide bonds. The molecule has 0 spiro atoms. The van der Waals surface area contributed by atoms with E-state index in [-0.39, 0.29) is 6.42 Å². The number of hydrogen-bond acceptors (Lipinski definition) is 10. The minimum atomic E-state index is -3.83. The lowest BCUT2D eigenvalue weighted by Gasteiger charge is -2.41. The molecule has 0 bridgehead atoms. The second-order valence-corrected chi connectivity index (χ2v) is 7.11. The summed E-state index contributed by atoms with van der Waals surface area (Å²) in [6.07, 6.45) is -11.9. The summed E-state index contributed by atoms with van der Waals surface area (Å²) < 4.78 is 26.7. The van der Waals surface area contributed by atoms with Gasteiger partial charge in [0.1, 0.15) is 36.6 Å². The molecule has 0 aliphatic carbocycles. The number of aromatic amines is 1. The van der Waals surface area contributed by atoms with Crippen molar-refractivity contribution in [2.24, 2.45) is 0 Å². The van der Waals surface area contributed by atoms with Crippen molar-refractivity contribution in [2.45, 2.75) is 67.7 Å². The van der Waals surface area contributed by atoms with E-state index in [4.69, 9.17) is 9.47 Å². The molecule has 1 aromatic heterocycles. The predicted octanol–water partition coefficient (Wildman–Crippen LogP) is -4.14. The predicted molar refractivity (Wildman–Crippen MR) is 90.3 cm³/mol. The Morgan fingerprint density at radius 3 is 2.48 bits per heavy atom. The molecule has 0 aromatic carbocycles. The molecule has 3 rings (SSSR count). The summed E-state index contributed by atoms with van der Waals surface area (Å²) in [5.41, 5.74) is -5.18. The number of alkyl halides is 1. The second kappa shape index (κ2) is 7.52. The third-order valence-electron chi connectivity index (χ3n) is 5.42. The van der Waals surface area contributed by atoms with E-state index in [9.17, 15) is 40.2 Å². The zero-order valence-corrected chi connectivity index (χ0v) is 15.3. The maximum Gasteiger partial charge on any atom is 0.330 e. The van der Waals surface area contributed by atoms with Crippen molar-refractivity contribution in [1.29, 1.82) is 0 Å². The van der Waals surface area contributed by atoms with Crippen molar-refractivity contribution in [3.63, 3.8) is 0 Å². The Balaban J connectivity index is 2.23. The monoisotopic (exact) mass is 422 g/mol. The molecule has 29 heavy (non-hydrogen) atoms. The van der Waals surface area contributed by atoms with Crippen LogP contribution in [0.5, 0.6) is 0 Å². The molecule has 2 aliphatic rings. The lowest BCUT2D eigenvalue weighted by Crippen LogP contribution is -2.66. The van der Waals surface area contributed by atoms with Gasteiger partial charge in [0.25, 0.3) is 11.4 Å². The van der Waals surface area contributed by atoms with Crippen LogP contribution in [0.25, 0.3) is 0 Å². The van der Waals surface area contributed by atoms with Crippen molar-refractivity contribution in [3.8, 4) is 0 Å². The quantitative estimate of drug-likeness (QED) is 0.245. The van der Waals surface area contributed by atoms with Crippen LogP contribution in [-0.4, -0.2) is 95.4 Å². The number of hydrogen-bond donors (Lipinski definition) is 7. The number of nitrogens with one attached hydrogen (secondary N) is 1. The van der Waals surface area contributed by atoms with Gasteiger partial charge in [-0.05, 0) is 6.42 Å². The van der Waals surface area contributed by atoms with Gasteiger partial charge in [0, 0.05) is 12.3 Å². The molecule has 0 saturated carbocycles. The van der Waals surface area contributed by atoms with Gasteiger partial charge in [-0.15, -0.1) is 0 Å². The van der Waals surface area contributed by atoms with Gasteiger partial charge in [-0.2, -0.15) is 0 Å². The van der Waals surface area contributed by atoms with Gasteiger partial charge >= 0.3 is 5.69 Å². The highest BCUT2D eigenvalue weighted by Gasteiger charge is 2.75. The number of aliphatic hydroxyl groups is 6. The molecule has 12 nitrogen and oxygen atoms in total. The summed E-state index contributed by atoms with van der Waals surface area (Å²) in [6.45, 7) is 0.561. The number of aromatic nitrogens is 2. The van der Waals surface area contributed by atoms with Crippen molar-refractivity contribution in [3.05, 3.63) is 33.1 Å². The normalized spacial score (nSPS) is 43.6. The first-order chi connectivity index (χ1) is 13.5. The Bertz CT molecular complexity index is 859. The van der Waals surface area contributed by atoms with E-state index in [0.717, 1.165) is 12.3 Å². The smallest absolute Gasteiger partial charge is 0.330 e. The molecule has 2 fully saturated rings. The van der Waals surface area contributed by atoms with Crippen molar-refractivity contribution in [2.75, 3.05) is 6.61 Å². The summed E-state index contributed by atoms with van der Waals surface area (Å²) in [4.78, 5) is 25.6. The number of aliphatic hydroxyl groups excluding tert-OH is 5. The number of ether oxygens (including phenoxy) is 2. The maximum absolute atomic E-state index is 15.6. The molecule has 1 aromatic rings. The van der Waals surface area contributed by atoms with E-state index >= 15 is 4.39 Å². The first-order valence-electron chi connectivity index (χ1n) is 8.93. The Kier molecular flexibility index (Phi) is 5.70. The summed E-state index contributed by atoms with van der Waals surface area (Å²) in [7, 11) is 0. The lowest BCUT2D eigenvalue weighted by atomic mass is 9.89. The third-order valence-corrected chi connectivity index (χ3v) is 5.42. The zero-order valence-electron chi connectivity index (χ0n) is 15.3. The number of H-pyrrole nitrogens is 1. The molecule has 2 saturated heterocycles. The minimum absolute atomic E-state index is 0.0788. The van der Waals surface area contributed by atoms with Crippen LogP contribution in [0.1, 0.15) is 13.3 Å². The standard InChI is InChI=1S/C16H23FN2O10/c1-2-6(21)11-9(23)10(24)13(28-11)16(19-4-3-8(22)18-14(19)26)15(17,27)12(25)7(5-20)29-16/h3-4,6-7,9-13,20-21,23-25,27H,2,5H2,1H3,(H,18,22,26)/t6?,7-,9-,10-,11+,12-,13+,15-,16-/m1/s1. The highest BCUT2D eigenvalue weighted by atomic mass is 19.2. The largest absolute Gasteiger partial charge is 0.394 e. The molecular formula is C16H23FN2O10. The summed E-state index contributed by atoms with van der Waals surface area (Å²) >= 11 is 0. The van der Waals surface area contributed by atoms with Gasteiger partial charge in [0.2, 0.25) is 5.72 Å². The molecule has 7 N–H and O–H groups in total. The van der Waals surface area contributed by atoms with Crippen molar-refractivity contribution < 1.29 is 44.5 Å². The first-order valence-corrected chi connectivity index (χ1v) is 8.93. The molecule has 164 valence electrons. The molecular weight excluding hydrogens is 399 g/mol. The van der Waals surface area contributed by atoms with Crippen LogP contribution in [0.15, 0.2) is 21.9 Å². The zero-order chi connectivity index (χ0) is 21.7. The van der Waals surface area contributed by atoms with Crippen LogP contribution in [0.2, 0.25) is 0 Å². The summed E-state index contributed by atoms with van der Waals surface area (Å²) in [5.74, 6) is -3.83. The molecule has 9 atom stereocenters. The van der Waals surface area contributed by atoms with E-state index in [0.29, 0.717) is 4.57 Å². The fourth-order valence-electron chi connectivity index (χ4n) is 3.86. The van der Waals surface area contributed by atoms with Gasteiger partial charge in [-0.3, -0.25) is 14.3 Å². The average molecular weight is 422 g/mol. The molecule has 3 heterocycles. The van der Waals surface area contributed by atoms with Crippen molar-refractivity contribution in [1.82, 2.24) is 9.55 Å². The Hall–Kier alpha value is -1.71. The van der Waals surface area contributed by atoms with Gasteiger partial charge in [-0.25, -0.2) is 9.18 Å². The average Bonchev–Trinajstić information content (AvgIpc) is 3.07. The maximum atomic E-state index is 15.6. The molecule has 1 unspecified atom stereocenters. The summed E-state index contributed by atoms with van der Waals surface area (Å²) in [6, 6.07) is 0.789. The lowest BCUT2D eigenvalue weighted by molar-refractivity contribution is -0.310. The first kappa shape index (κ1) is 22.0. The summed E-state index contributed by atoms with van der Waals surface area (Å²) in [5, 5.41) is 60.9. The fourth-order valence-corrected chi connectivity index (χ4v) is 3.86. The van der Waals surface area contributed by atoms with Crippen LogP contribution < -0.4 is 11.2 Å². The second-order valence-electron chi connectivity index (χ2n) is 7.11. The topological polar surface area (TPSA) is 195 Å². The Labute approximate surface area is 162 Å². The van der Waals surface area contributed by atoms with Gasteiger partial charge in [-0.1, -0.05) is 6.92 Å². The third kappa shape index (κ3) is 3.05. The van der Waals surface area contributed by atoms with E-state index in [1.807, 2.05) is 4.98 Å². The van der Waals surface area contributed by atoms with E-state index in [1.54, 1.807) is 6.92 Å². The van der Waals surface area contributed by atoms with Crippen LogP contribution in [-0.2, 0) is 15.2 Å². The number of rotatable bonds is 5. The van der Waals surface area contributed by atoms with E-state index < -0.39 is 72.2 Å². The molecule has 2 aliphatic heterocycles. The molecule has 0 radical (unpaired) electrons. The SMILES string of the molecule is CCC(O)[C@@H]1O[C@H]([C@@]2(n3ccc(=O)[nH]c3=O)O[C@H](CO)[C@@H](O)[C@]2(O)F)[C@H](O)[C@H]1O. The van der Waals surface area contributed by atoms with Crippen LogP contribution in [0.3, 0.4) is 0 Å². The Morgan fingerprint density at radius 1 is 1.31 bits per heavy atom. The molecule has 13 heteroatoms. The van der Waals surface area contributed by atoms with Gasteiger partial charge in [0.05, 0.1) is 12.7 Å². The highest BCUT2D eigenvalue weighted by molar-refractivity contribution is 5.14. The van der Waals surface area contributed by atoms with E-state index in [2.05, 4.69) is 0 Å². The van der Waals surface area contributed by atoms with Gasteiger partial charge < -0.3 is 40.1 Å². The number of halogens is 1. The van der Waals surface area contributed by atoms with E-state index in [1.165, 1.54) is 0 Å². The highest BCUT2D eigenvalue weighted by Crippen LogP contribution is 2.50. The minimum Gasteiger partial charge on any atom is -0.394 e. The fraction of sp³-hybridized carbons (Fsp3) is 0.750. The Morgan fingerprint density at radius 2 is 1.97 bits per heavy atom. The van der Waals surface area contributed by atoms with Crippen LogP contribution >= 0.6 is 0 Å².